The molecule has 0 heterocycles. The third kappa shape index (κ3) is 13.1. The van der Waals surface area contributed by atoms with Gasteiger partial charge in [0.25, 0.3) is 0 Å². The number of rotatable bonds is 20. The molecule has 0 fully saturated rings. The lowest BCUT2D eigenvalue weighted by Crippen LogP contribution is -2.43. The lowest BCUT2D eigenvalue weighted by Gasteiger charge is -2.38. The number of ketones is 1. The molecule has 0 radical (unpaired) electrons. The van der Waals surface area contributed by atoms with Crippen LogP contribution >= 0.6 is 0 Å². The smallest absolute Gasteiger partial charge is 0.342 e. The Kier molecular flexibility index (Phi) is 16.6. The SMILES string of the molecule is C=CC[C@@H](C)OC(=O)c1c(CC(=O)/C=C/C[C@H](/C=C/C)O[Si](C)(C)C(C)(C)C)cc(OCOCC)cc1OCOCC. The van der Waals surface area contributed by atoms with Crippen LogP contribution in [0.5, 0.6) is 11.5 Å². The lowest BCUT2D eigenvalue weighted by atomic mass is 10.00. The fourth-order valence-corrected chi connectivity index (χ4v) is 4.92. The summed E-state index contributed by atoms with van der Waals surface area (Å²) in [5.41, 5.74) is 0.577. The molecule has 0 N–H and O–H groups in total. The predicted molar refractivity (Wildman–Crippen MR) is 170 cm³/mol. The first kappa shape index (κ1) is 37.3. The Balaban J connectivity index is 3.33. The van der Waals surface area contributed by atoms with Gasteiger partial charge in [0.05, 0.1) is 6.10 Å². The highest BCUT2D eigenvalue weighted by Crippen LogP contribution is 2.38. The van der Waals surface area contributed by atoms with Crippen LogP contribution in [0, 0.1) is 0 Å². The summed E-state index contributed by atoms with van der Waals surface area (Å²) < 4.78 is 34.4. The number of allylic oxidation sites excluding steroid dienone is 2. The van der Waals surface area contributed by atoms with Crippen molar-refractivity contribution in [1.82, 2.24) is 0 Å². The molecule has 0 bridgehead atoms. The molecule has 9 heteroatoms. The van der Waals surface area contributed by atoms with Crippen LogP contribution < -0.4 is 9.47 Å². The van der Waals surface area contributed by atoms with Crippen LogP contribution in [0.1, 0.15) is 77.2 Å². The Hall–Kier alpha value is -2.72. The third-order valence-electron chi connectivity index (χ3n) is 6.88. The van der Waals surface area contributed by atoms with E-state index in [9.17, 15) is 9.59 Å². The molecule has 0 spiro atoms. The number of hydrogen-bond donors (Lipinski definition) is 0. The number of benzene rings is 1. The van der Waals surface area contributed by atoms with E-state index in [-0.39, 0.29) is 48.2 Å². The quantitative estimate of drug-likeness (QED) is 0.0376. The van der Waals surface area contributed by atoms with Crippen molar-refractivity contribution in [3.8, 4) is 11.5 Å². The first-order chi connectivity index (χ1) is 19.8. The molecule has 1 aromatic carbocycles. The van der Waals surface area contributed by atoms with Crippen LogP contribution in [-0.4, -0.2) is 59.1 Å². The van der Waals surface area contributed by atoms with Gasteiger partial charge < -0.3 is 28.1 Å². The molecule has 0 saturated carbocycles. The van der Waals surface area contributed by atoms with Gasteiger partial charge in [-0.3, -0.25) is 4.79 Å². The second kappa shape index (κ2) is 18.7. The minimum Gasteiger partial charge on any atom is -0.467 e. The van der Waals surface area contributed by atoms with Crippen molar-refractivity contribution >= 4 is 20.1 Å². The van der Waals surface area contributed by atoms with Crippen LogP contribution in [0.3, 0.4) is 0 Å². The van der Waals surface area contributed by atoms with Gasteiger partial charge in [0.1, 0.15) is 23.2 Å². The normalized spacial score (nSPS) is 13.7. The Bertz CT molecular complexity index is 1050. The van der Waals surface area contributed by atoms with Gasteiger partial charge in [-0.1, -0.05) is 45.1 Å². The third-order valence-corrected chi connectivity index (χ3v) is 11.4. The molecule has 0 aliphatic rings. The number of carbonyl (C=O) groups excluding carboxylic acids is 2. The molecule has 0 aliphatic heterocycles. The minimum absolute atomic E-state index is 0.00934. The van der Waals surface area contributed by atoms with Gasteiger partial charge >= 0.3 is 5.97 Å². The van der Waals surface area contributed by atoms with E-state index < -0.39 is 20.4 Å². The molecule has 1 aromatic rings. The molecule has 1 rings (SSSR count). The summed E-state index contributed by atoms with van der Waals surface area (Å²) in [6, 6.07) is 3.23. The fourth-order valence-electron chi connectivity index (χ4n) is 3.64. The topological polar surface area (TPSA) is 89.5 Å². The van der Waals surface area contributed by atoms with Crippen LogP contribution in [0.15, 0.2) is 49.1 Å². The summed E-state index contributed by atoms with van der Waals surface area (Å²) in [6.45, 7) is 23.0. The van der Waals surface area contributed by atoms with Gasteiger partial charge in [0, 0.05) is 32.1 Å². The highest BCUT2D eigenvalue weighted by atomic mass is 28.4. The van der Waals surface area contributed by atoms with Crippen LogP contribution in [0.2, 0.25) is 18.1 Å². The molecule has 0 amide bonds. The van der Waals surface area contributed by atoms with Crippen molar-refractivity contribution in [1.29, 1.82) is 0 Å². The van der Waals surface area contributed by atoms with Crippen LogP contribution in [-0.2, 0) is 29.9 Å². The van der Waals surface area contributed by atoms with E-state index in [0.29, 0.717) is 37.4 Å². The molecule has 0 aliphatic carbocycles. The molecule has 42 heavy (non-hydrogen) atoms. The van der Waals surface area contributed by atoms with E-state index >= 15 is 0 Å². The fraction of sp³-hybridized carbons (Fsp3) is 0.576. The van der Waals surface area contributed by atoms with Crippen LogP contribution in [0.25, 0.3) is 0 Å². The minimum atomic E-state index is -2.00. The lowest BCUT2D eigenvalue weighted by molar-refractivity contribution is -0.114. The molecular formula is C33H52O8Si. The monoisotopic (exact) mass is 604 g/mol. The van der Waals surface area contributed by atoms with E-state index in [0.717, 1.165) is 0 Å². The number of carbonyl (C=O) groups is 2. The van der Waals surface area contributed by atoms with Gasteiger partial charge in [-0.05, 0) is 70.0 Å². The molecule has 0 saturated heterocycles. The Morgan fingerprint density at radius 2 is 1.67 bits per heavy atom. The first-order valence-electron chi connectivity index (χ1n) is 14.7. The zero-order chi connectivity index (χ0) is 31.8. The average molecular weight is 605 g/mol. The predicted octanol–water partition coefficient (Wildman–Crippen LogP) is 7.58. The maximum atomic E-state index is 13.4. The van der Waals surface area contributed by atoms with Crippen LogP contribution in [0.4, 0.5) is 0 Å². The average Bonchev–Trinajstić information content (AvgIpc) is 2.88. The molecule has 8 nitrogen and oxygen atoms in total. The Morgan fingerprint density at radius 1 is 1.02 bits per heavy atom. The first-order valence-corrected chi connectivity index (χ1v) is 17.6. The second-order valence-corrected chi connectivity index (χ2v) is 16.2. The number of hydrogen-bond acceptors (Lipinski definition) is 8. The highest BCUT2D eigenvalue weighted by molar-refractivity contribution is 6.74. The van der Waals surface area contributed by atoms with Crippen molar-refractivity contribution in [3.63, 3.8) is 0 Å². The second-order valence-electron chi connectivity index (χ2n) is 11.4. The van der Waals surface area contributed by atoms with Crippen molar-refractivity contribution in [3.05, 3.63) is 60.2 Å². The largest absolute Gasteiger partial charge is 0.467 e. The number of esters is 1. The molecule has 0 aromatic heterocycles. The van der Waals surface area contributed by atoms with Gasteiger partial charge in [0.2, 0.25) is 0 Å². The van der Waals surface area contributed by atoms with E-state index in [1.165, 1.54) is 6.08 Å². The van der Waals surface area contributed by atoms with Gasteiger partial charge in [-0.15, -0.1) is 6.58 Å². The standard InChI is InChI=1S/C33H52O8Si/c1-11-16-25(5)40-32(35)31-26(21-29(38-23-36-13-3)22-30(31)39-24-37-14-4)20-27(34)18-15-19-28(17-12-2)41-42(9,10)33(6,7)8/h11-12,15,17-18,21-22,25,28H,1,13-14,16,19-20,23-24H2,2-10H3/b17-12+,18-15+/t25-,28+/m1/s1. The maximum absolute atomic E-state index is 13.4. The van der Waals surface area contributed by atoms with E-state index in [1.54, 1.807) is 25.1 Å². The van der Waals surface area contributed by atoms with Gasteiger partial charge in [-0.2, -0.15) is 0 Å². The zero-order valence-electron chi connectivity index (χ0n) is 27.1. The molecule has 236 valence electrons. The van der Waals surface area contributed by atoms with E-state index in [4.69, 9.17) is 28.1 Å². The van der Waals surface area contributed by atoms with E-state index in [1.807, 2.05) is 39.0 Å². The summed E-state index contributed by atoms with van der Waals surface area (Å²) in [6.07, 6.45) is 9.47. The van der Waals surface area contributed by atoms with Crippen molar-refractivity contribution in [2.24, 2.45) is 0 Å². The highest BCUT2D eigenvalue weighted by Gasteiger charge is 2.38. The van der Waals surface area contributed by atoms with Crippen molar-refractivity contribution in [2.75, 3.05) is 26.8 Å². The van der Waals surface area contributed by atoms with E-state index in [2.05, 4.69) is 40.4 Å². The summed E-state index contributed by atoms with van der Waals surface area (Å²) in [5.74, 6) is -0.188. The van der Waals surface area contributed by atoms with Gasteiger partial charge in [-0.25, -0.2) is 4.79 Å². The summed E-state index contributed by atoms with van der Waals surface area (Å²) in [4.78, 5) is 26.6. The van der Waals surface area contributed by atoms with Gasteiger partial charge in [0.15, 0.2) is 27.7 Å². The summed E-state index contributed by atoms with van der Waals surface area (Å²) >= 11 is 0. The molecule has 2 atom stereocenters. The zero-order valence-corrected chi connectivity index (χ0v) is 28.1. The molecular weight excluding hydrogens is 552 g/mol. The summed E-state index contributed by atoms with van der Waals surface area (Å²) in [7, 11) is -2.00. The Morgan fingerprint density at radius 3 is 2.24 bits per heavy atom. The molecule has 0 unspecified atom stereocenters. The van der Waals surface area contributed by atoms with Crippen molar-refractivity contribution < 1.29 is 37.7 Å². The van der Waals surface area contributed by atoms with Crippen molar-refractivity contribution in [2.45, 2.75) is 98.1 Å². The Labute approximate surface area is 254 Å². The number of ether oxygens (including phenoxy) is 5. The maximum Gasteiger partial charge on any atom is 0.342 e. The summed E-state index contributed by atoms with van der Waals surface area (Å²) in [5, 5.41) is 0.0672.